The number of carbonyl (C=O) groups excluding carboxylic acids is 1. The van der Waals surface area contributed by atoms with Gasteiger partial charge < -0.3 is 19.9 Å². The van der Waals surface area contributed by atoms with Crippen LogP contribution < -0.4 is 5.32 Å². The van der Waals surface area contributed by atoms with E-state index in [1.165, 1.54) is 0 Å². The summed E-state index contributed by atoms with van der Waals surface area (Å²) >= 11 is 0. The summed E-state index contributed by atoms with van der Waals surface area (Å²) < 4.78 is 9.84. The molecule has 0 saturated carbocycles. The molecule has 6 heteroatoms. The number of carboxylic acid groups (broad SMARTS) is 1. The van der Waals surface area contributed by atoms with Crippen molar-refractivity contribution in [3.8, 4) is 0 Å². The molecule has 0 aromatic rings. The van der Waals surface area contributed by atoms with Gasteiger partial charge in [0.1, 0.15) is 6.61 Å². The second kappa shape index (κ2) is 11.0. The monoisotopic (exact) mass is 261 g/mol. The topological polar surface area (TPSA) is 84.9 Å². The Bertz CT molecular complexity index is 245. The van der Waals surface area contributed by atoms with Gasteiger partial charge in [-0.3, -0.25) is 9.59 Å². The number of carbonyl (C=O) groups is 2. The minimum Gasteiger partial charge on any atom is -0.481 e. The molecule has 0 aliphatic carbocycles. The molecule has 0 aromatic carbocycles. The Morgan fingerprint density at radius 3 is 2.61 bits per heavy atom. The molecule has 2 N–H and O–H groups in total. The standard InChI is InChI=1S/C12H23NO5/c1-10(3-4-12(15)16)5-6-13-11(14)9-18-8-7-17-2/h10H,3-9H2,1-2H3,(H,13,14)(H,15,16). The zero-order valence-corrected chi connectivity index (χ0v) is 11.1. The van der Waals surface area contributed by atoms with E-state index in [9.17, 15) is 9.59 Å². The highest BCUT2D eigenvalue weighted by Crippen LogP contribution is 2.08. The number of methoxy groups -OCH3 is 1. The molecule has 0 spiro atoms. The van der Waals surface area contributed by atoms with Crippen molar-refractivity contribution in [2.45, 2.75) is 26.2 Å². The van der Waals surface area contributed by atoms with E-state index < -0.39 is 5.97 Å². The largest absolute Gasteiger partial charge is 0.481 e. The maximum Gasteiger partial charge on any atom is 0.303 e. The third-order valence-electron chi connectivity index (χ3n) is 2.48. The van der Waals surface area contributed by atoms with Crippen molar-refractivity contribution in [3.05, 3.63) is 0 Å². The lowest BCUT2D eigenvalue weighted by Gasteiger charge is -2.10. The number of aliphatic carboxylic acids is 1. The van der Waals surface area contributed by atoms with Crippen molar-refractivity contribution in [3.63, 3.8) is 0 Å². The molecular formula is C12H23NO5. The molecule has 0 saturated heterocycles. The smallest absolute Gasteiger partial charge is 0.303 e. The third-order valence-corrected chi connectivity index (χ3v) is 2.48. The van der Waals surface area contributed by atoms with Crippen molar-refractivity contribution in [2.75, 3.05) is 33.5 Å². The highest BCUT2D eigenvalue weighted by atomic mass is 16.5. The first-order valence-electron chi connectivity index (χ1n) is 6.11. The van der Waals surface area contributed by atoms with Crippen LogP contribution in [-0.4, -0.2) is 50.5 Å². The summed E-state index contributed by atoms with van der Waals surface area (Å²) in [4.78, 5) is 21.6. The zero-order valence-electron chi connectivity index (χ0n) is 11.1. The van der Waals surface area contributed by atoms with Crippen LogP contribution in [0.4, 0.5) is 0 Å². The molecular weight excluding hydrogens is 238 g/mol. The highest BCUT2D eigenvalue weighted by molar-refractivity contribution is 5.77. The first-order chi connectivity index (χ1) is 8.56. The van der Waals surface area contributed by atoms with E-state index in [0.29, 0.717) is 26.2 Å². The van der Waals surface area contributed by atoms with E-state index in [-0.39, 0.29) is 24.9 Å². The van der Waals surface area contributed by atoms with Gasteiger partial charge in [0.05, 0.1) is 13.2 Å². The maximum absolute atomic E-state index is 11.3. The van der Waals surface area contributed by atoms with Gasteiger partial charge in [-0.1, -0.05) is 6.92 Å². The average Bonchev–Trinajstić information content (AvgIpc) is 2.32. The van der Waals surface area contributed by atoms with Crippen LogP contribution >= 0.6 is 0 Å². The minimum atomic E-state index is -0.780. The fraction of sp³-hybridized carbons (Fsp3) is 0.833. The lowest BCUT2D eigenvalue weighted by Crippen LogP contribution is -2.29. The molecule has 1 unspecified atom stereocenters. The van der Waals surface area contributed by atoms with Crippen LogP contribution in [0.5, 0.6) is 0 Å². The van der Waals surface area contributed by atoms with E-state index in [1.54, 1.807) is 7.11 Å². The van der Waals surface area contributed by atoms with E-state index in [0.717, 1.165) is 6.42 Å². The Balaban J connectivity index is 3.41. The van der Waals surface area contributed by atoms with Gasteiger partial charge in [0.2, 0.25) is 5.91 Å². The molecule has 0 heterocycles. The lowest BCUT2D eigenvalue weighted by molar-refractivity contribution is -0.137. The molecule has 0 aliphatic rings. The highest BCUT2D eigenvalue weighted by Gasteiger charge is 2.06. The van der Waals surface area contributed by atoms with Gasteiger partial charge in [0, 0.05) is 20.1 Å². The third kappa shape index (κ3) is 11.3. The van der Waals surface area contributed by atoms with E-state index in [4.69, 9.17) is 14.6 Å². The molecule has 6 nitrogen and oxygen atoms in total. The number of carboxylic acids is 1. The second-order valence-electron chi connectivity index (χ2n) is 4.22. The van der Waals surface area contributed by atoms with Gasteiger partial charge >= 0.3 is 5.97 Å². The molecule has 0 fully saturated rings. The summed E-state index contributed by atoms with van der Waals surface area (Å²) in [6, 6.07) is 0. The molecule has 18 heavy (non-hydrogen) atoms. The van der Waals surface area contributed by atoms with Crippen molar-refractivity contribution >= 4 is 11.9 Å². The van der Waals surface area contributed by atoms with Crippen LogP contribution in [0.15, 0.2) is 0 Å². The molecule has 1 atom stereocenters. The number of ether oxygens (including phenoxy) is 2. The van der Waals surface area contributed by atoms with Gasteiger partial charge in [-0.15, -0.1) is 0 Å². The summed E-state index contributed by atoms with van der Waals surface area (Å²) in [5.41, 5.74) is 0. The fourth-order valence-corrected chi connectivity index (χ4v) is 1.33. The van der Waals surface area contributed by atoms with Crippen LogP contribution in [0.1, 0.15) is 26.2 Å². The maximum atomic E-state index is 11.3. The number of nitrogens with one attached hydrogen (secondary N) is 1. The number of hydrogen-bond donors (Lipinski definition) is 2. The summed E-state index contributed by atoms with van der Waals surface area (Å²) in [5, 5.41) is 11.2. The lowest BCUT2D eigenvalue weighted by atomic mass is 10.0. The second-order valence-corrected chi connectivity index (χ2v) is 4.22. The first kappa shape index (κ1) is 16.9. The van der Waals surface area contributed by atoms with Crippen LogP contribution in [0.25, 0.3) is 0 Å². The first-order valence-corrected chi connectivity index (χ1v) is 6.11. The van der Waals surface area contributed by atoms with Crippen LogP contribution in [0.2, 0.25) is 0 Å². The van der Waals surface area contributed by atoms with Gasteiger partial charge in [-0.25, -0.2) is 0 Å². The van der Waals surface area contributed by atoms with Crippen molar-refractivity contribution in [1.29, 1.82) is 0 Å². The SMILES string of the molecule is COCCOCC(=O)NCCC(C)CCC(=O)O. The van der Waals surface area contributed by atoms with E-state index >= 15 is 0 Å². The molecule has 0 radical (unpaired) electrons. The van der Waals surface area contributed by atoms with Crippen LogP contribution in [0.3, 0.4) is 0 Å². The Kier molecular flexibility index (Phi) is 10.3. The van der Waals surface area contributed by atoms with Gasteiger partial charge in [0.15, 0.2) is 0 Å². The van der Waals surface area contributed by atoms with Gasteiger partial charge in [-0.05, 0) is 18.8 Å². The van der Waals surface area contributed by atoms with Crippen molar-refractivity contribution < 1.29 is 24.2 Å². The summed E-state index contributed by atoms with van der Waals surface area (Å²) in [6.07, 6.45) is 1.59. The van der Waals surface area contributed by atoms with E-state index in [2.05, 4.69) is 5.32 Å². The molecule has 1 amide bonds. The Morgan fingerprint density at radius 1 is 1.28 bits per heavy atom. The Morgan fingerprint density at radius 2 is 2.00 bits per heavy atom. The summed E-state index contributed by atoms with van der Waals surface area (Å²) in [7, 11) is 1.57. The predicted octanol–water partition coefficient (Wildman–Crippen LogP) is 0.657. The predicted molar refractivity (Wildman–Crippen MR) is 66.4 cm³/mol. The molecule has 0 aliphatic heterocycles. The zero-order chi connectivity index (χ0) is 13.8. The van der Waals surface area contributed by atoms with E-state index in [1.807, 2.05) is 6.92 Å². The van der Waals surface area contributed by atoms with Crippen molar-refractivity contribution in [2.24, 2.45) is 5.92 Å². The molecule has 106 valence electrons. The Labute approximate surface area is 108 Å². The van der Waals surface area contributed by atoms with Crippen LogP contribution in [-0.2, 0) is 19.1 Å². The van der Waals surface area contributed by atoms with Crippen molar-refractivity contribution in [1.82, 2.24) is 5.32 Å². The Hall–Kier alpha value is -1.14. The normalized spacial score (nSPS) is 12.1. The number of amides is 1. The minimum absolute atomic E-state index is 0.0346. The molecule has 0 rings (SSSR count). The quantitative estimate of drug-likeness (QED) is 0.534. The van der Waals surface area contributed by atoms with Gasteiger partial charge in [0.25, 0.3) is 0 Å². The fourth-order valence-electron chi connectivity index (χ4n) is 1.33. The summed E-state index contributed by atoms with van der Waals surface area (Å²) in [5.74, 6) is -0.648. The molecule has 0 bridgehead atoms. The summed E-state index contributed by atoms with van der Waals surface area (Å²) in [6.45, 7) is 3.43. The number of hydrogen-bond acceptors (Lipinski definition) is 4. The molecule has 0 aromatic heterocycles. The average molecular weight is 261 g/mol. The van der Waals surface area contributed by atoms with Gasteiger partial charge in [-0.2, -0.15) is 0 Å². The number of rotatable bonds is 11. The van der Waals surface area contributed by atoms with Crippen LogP contribution in [0, 0.1) is 5.92 Å².